The summed E-state index contributed by atoms with van der Waals surface area (Å²) >= 11 is 0. The first-order valence-electron chi connectivity index (χ1n) is 4.56. The molecule has 0 aromatic rings. The van der Waals surface area contributed by atoms with Crippen LogP contribution in [-0.2, 0) is 0 Å². The van der Waals surface area contributed by atoms with Gasteiger partial charge in [0.05, 0.1) is 0 Å². The van der Waals surface area contributed by atoms with E-state index >= 15 is 0 Å². The van der Waals surface area contributed by atoms with Crippen molar-refractivity contribution in [1.29, 1.82) is 0 Å². The summed E-state index contributed by atoms with van der Waals surface area (Å²) in [5, 5.41) is 0. The van der Waals surface area contributed by atoms with Gasteiger partial charge in [-0.2, -0.15) is 0 Å². The van der Waals surface area contributed by atoms with Crippen LogP contribution < -0.4 is 5.73 Å². The Balaban J connectivity index is 2.09. The Morgan fingerprint density at radius 1 is 1.20 bits per heavy atom. The van der Waals surface area contributed by atoms with Gasteiger partial charge in [0.25, 0.3) is 0 Å². The maximum atomic E-state index is 5.86. The Morgan fingerprint density at radius 2 is 1.90 bits per heavy atom. The quantitative estimate of drug-likeness (QED) is 0.638. The van der Waals surface area contributed by atoms with E-state index in [0.717, 1.165) is 11.8 Å². The highest BCUT2D eigenvalue weighted by Crippen LogP contribution is 2.43. The Kier molecular flexibility index (Phi) is 2.72. The smallest absolute Gasteiger partial charge is 0.0102 e. The lowest BCUT2D eigenvalue weighted by atomic mass is 10.1. The Hall–Kier alpha value is -0.0400. The van der Waals surface area contributed by atoms with Gasteiger partial charge < -0.3 is 5.73 Å². The molecule has 3 atom stereocenters. The lowest BCUT2D eigenvalue weighted by Crippen LogP contribution is -2.03. The van der Waals surface area contributed by atoms with Gasteiger partial charge in [0.15, 0.2) is 0 Å². The van der Waals surface area contributed by atoms with Gasteiger partial charge in [0, 0.05) is 6.04 Å². The lowest BCUT2D eigenvalue weighted by Gasteiger charge is -1.93. The van der Waals surface area contributed by atoms with Crippen LogP contribution in [0.25, 0.3) is 0 Å². The minimum atomic E-state index is 0.552. The fraction of sp³-hybridized carbons (Fsp3) is 1.00. The molecule has 0 amide bonds. The van der Waals surface area contributed by atoms with Crippen LogP contribution >= 0.6 is 0 Å². The van der Waals surface area contributed by atoms with Crippen LogP contribution in [-0.4, -0.2) is 6.04 Å². The van der Waals surface area contributed by atoms with Crippen LogP contribution in [0.3, 0.4) is 0 Å². The van der Waals surface area contributed by atoms with E-state index in [1.54, 1.807) is 0 Å². The molecule has 0 spiro atoms. The van der Waals surface area contributed by atoms with E-state index in [9.17, 15) is 0 Å². The second-order valence-electron chi connectivity index (χ2n) is 3.46. The first-order chi connectivity index (χ1) is 4.81. The van der Waals surface area contributed by atoms with Crippen LogP contribution in [0.5, 0.6) is 0 Å². The molecular weight excluding hydrogens is 122 g/mol. The third-order valence-electron chi connectivity index (χ3n) is 2.76. The summed E-state index contributed by atoms with van der Waals surface area (Å²) in [6.07, 6.45) is 5.35. The minimum Gasteiger partial charge on any atom is -0.327 e. The van der Waals surface area contributed by atoms with Crippen LogP contribution in [0.1, 0.15) is 39.5 Å². The van der Waals surface area contributed by atoms with E-state index in [4.69, 9.17) is 5.73 Å². The molecule has 1 saturated carbocycles. The summed E-state index contributed by atoms with van der Waals surface area (Å²) in [5.74, 6) is 1.75. The number of nitrogens with two attached hydrogens (primary N) is 1. The highest BCUT2D eigenvalue weighted by molar-refractivity contribution is 4.99. The molecule has 1 nitrogen and oxygen atoms in total. The second kappa shape index (κ2) is 3.38. The van der Waals surface area contributed by atoms with Crippen molar-refractivity contribution in [3.8, 4) is 0 Å². The molecule has 3 unspecified atom stereocenters. The molecule has 1 heteroatoms. The predicted octanol–water partition coefficient (Wildman–Crippen LogP) is 2.16. The lowest BCUT2D eigenvalue weighted by molar-refractivity contribution is 0.592. The maximum absolute atomic E-state index is 5.86. The monoisotopic (exact) mass is 141 g/mol. The molecule has 1 fully saturated rings. The van der Waals surface area contributed by atoms with Crippen molar-refractivity contribution in [3.63, 3.8) is 0 Å². The van der Waals surface area contributed by atoms with Crippen molar-refractivity contribution in [1.82, 2.24) is 0 Å². The van der Waals surface area contributed by atoms with Gasteiger partial charge >= 0.3 is 0 Å². The molecule has 0 aromatic heterocycles. The van der Waals surface area contributed by atoms with Crippen molar-refractivity contribution in [2.45, 2.75) is 45.6 Å². The maximum Gasteiger partial charge on any atom is 0.0102 e. The van der Waals surface area contributed by atoms with E-state index in [-0.39, 0.29) is 0 Å². The Bertz CT molecular complexity index is 101. The molecule has 1 aliphatic rings. The SMILES string of the molecule is CCCCC1C(N)C1CC. The third kappa shape index (κ3) is 1.51. The molecule has 60 valence electrons. The summed E-state index contributed by atoms with van der Waals surface area (Å²) in [6.45, 7) is 4.49. The first-order valence-corrected chi connectivity index (χ1v) is 4.56. The van der Waals surface area contributed by atoms with Crippen molar-refractivity contribution < 1.29 is 0 Å². The van der Waals surface area contributed by atoms with Crippen LogP contribution in [0.2, 0.25) is 0 Å². The van der Waals surface area contributed by atoms with Crippen LogP contribution in [0, 0.1) is 11.8 Å². The van der Waals surface area contributed by atoms with E-state index in [1.807, 2.05) is 0 Å². The Labute approximate surface area is 64.0 Å². The highest BCUT2D eigenvalue weighted by Gasteiger charge is 2.44. The summed E-state index contributed by atoms with van der Waals surface area (Å²) < 4.78 is 0. The van der Waals surface area contributed by atoms with Crippen LogP contribution in [0.15, 0.2) is 0 Å². The molecule has 0 saturated heterocycles. The topological polar surface area (TPSA) is 26.0 Å². The van der Waals surface area contributed by atoms with Gasteiger partial charge in [-0.15, -0.1) is 0 Å². The summed E-state index contributed by atoms with van der Waals surface area (Å²) in [7, 11) is 0. The van der Waals surface area contributed by atoms with E-state index in [1.165, 1.54) is 25.7 Å². The first kappa shape index (κ1) is 8.06. The summed E-state index contributed by atoms with van der Waals surface area (Å²) in [5.41, 5.74) is 5.86. The number of hydrogen-bond acceptors (Lipinski definition) is 1. The third-order valence-corrected chi connectivity index (χ3v) is 2.76. The van der Waals surface area contributed by atoms with Crippen molar-refractivity contribution in [2.24, 2.45) is 17.6 Å². The second-order valence-corrected chi connectivity index (χ2v) is 3.46. The van der Waals surface area contributed by atoms with E-state index in [0.29, 0.717) is 6.04 Å². The number of unbranched alkanes of at least 4 members (excludes halogenated alkanes) is 1. The molecular formula is C9H19N. The van der Waals surface area contributed by atoms with Gasteiger partial charge in [0.2, 0.25) is 0 Å². The Morgan fingerprint density at radius 3 is 2.30 bits per heavy atom. The number of hydrogen-bond donors (Lipinski definition) is 1. The summed E-state index contributed by atoms with van der Waals surface area (Å²) in [6, 6.07) is 0.552. The molecule has 0 bridgehead atoms. The zero-order valence-electron chi connectivity index (χ0n) is 7.14. The normalized spacial score (nSPS) is 38.1. The molecule has 0 heterocycles. The van der Waals surface area contributed by atoms with Crippen LogP contribution in [0.4, 0.5) is 0 Å². The standard InChI is InChI=1S/C9H19N/c1-3-5-6-8-7(4-2)9(8)10/h7-9H,3-6,10H2,1-2H3. The fourth-order valence-electron chi connectivity index (χ4n) is 1.90. The van der Waals surface area contributed by atoms with Gasteiger partial charge in [0.1, 0.15) is 0 Å². The van der Waals surface area contributed by atoms with E-state index < -0.39 is 0 Å². The van der Waals surface area contributed by atoms with Crippen molar-refractivity contribution in [2.75, 3.05) is 0 Å². The van der Waals surface area contributed by atoms with Gasteiger partial charge in [-0.25, -0.2) is 0 Å². The molecule has 1 aliphatic carbocycles. The van der Waals surface area contributed by atoms with Crippen molar-refractivity contribution >= 4 is 0 Å². The highest BCUT2D eigenvalue weighted by atomic mass is 14.8. The zero-order chi connectivity index (χ0) is 7.56. The van der Waals surface area contributed by atoms with Gasteiger partial charge in [-0.05, 0) is 18.3 Å². The molecule has 1 rings (SSSR count). The predicted molar refractivity (Wildman–Crippen MR) is 44.8 cm³/mol. The average molecular weight is 141 g/mol. The molecule has 0 aromatic carbocycles. The molecule has 0 radical (unpaired) electrons. The summed E-state index contributed by atoms with van der Waals surface area (Å²) in [4.78, 5) is 0. The number of rotatable bonds is 4. The molecule has 10 heavy (non-hydrogen) atoms. The fourth-order valence-corrected chi connectivity index (χ4v) is 1.90. The van der Waals surface area contributed by atoms with Crippen molar-refractivity contribution in [3.05, 3.63) is 0 Å². The van der Waals surface area contributed by atoms with Gasteiger partial charge in [-0.3, -0.25) is 0 Å². The van der Waals surface area contributed by atoms with E-state index in [2.05, 4.69) is 13.8 Å². The van der Waals surface area contributed by atoms with Gasteiger partial charge in [-0.1, -0.05) is 33.1 Å². The minimum absolute atomic E-state index is 0.552. The largest absolute Gasteiger partial charge is 0.327 e. The average Bonchev–Trinajstić information content (AvgIpc) is 2.56. The zero-order valence-corrected chi connectivity index (χ0v) is 7.14. The molecule has 0 aliphatic heterocycles. The molecule has 2 N–H and O–H groups in total.